The van der Waals surface area contributed by atoms with Gasteiger partial charge >= 0.3 is 5.97 Å². The quantitative estimate of drug-likeness (QED) is 0.930. The lowest BCUT2D eigenvalue weighted by molar-refractivity contribution is 0.0698. The fourth-order valence-electron chi connectivity index (χ4n) is 1.89. The number of aromatic carboxylic acids is 1. The van der Waals surface area contributed by atoms with E-state index in [1.807, 2.05) is 0 Å². The van der Waals surface area contributed by atoms with Crippen LogP contribution in [-0.2, 0) is 11.3 Å². The molecule has 96 valence electrons. The number of nitrogens with zero attached hydrogens (tertiary/aromatic N) is 1. The van der Waals surface area contributed by atoms with E-state index in [0.29, 0.717) is 23.7 Å². The number of halogens is 2. The molecule has 0 saturated heterocycles. The molecule has 18 heavy (non-hydrogen) atoms. The third-order valence-corrected chi connectivity index (χ3v) is 2.99. The first-order valence-electron chi connectivity index (χ1n) is 5.25. The van der Waals surface area contributed by atoms with Gasteiger partial charge in [-0.2, -0.15) is 0 Å². The fraction of sp³-hybridized carbons (Fsp3) is 0.250. The van der Waals surface area contributed by atoms with Crippen LogP contribution in [0.5, 0.6) is 0 Å². The summed E-state index contributed by atoms with van der Waals surface area (Å²) in [6, 6.07) is 2.58. The molecule has 0 spiro atoms. The monoisotopic (exact) mass is 271 g/mol. The molecule has 6 heteroatoms. The van der Waals surface area contributed by atoms with E-state index in [9.17, 15) is 9.18 Å². The molecule has 0 aliphatic heterocycles. The Morgan fingerprint density at radius 3 is 2.89 bits per heavy atom. The number of ether oxygens (including phenoxy) is 1. The molecule has 4 nitrogen and oxygen atoms in total. The van der Waals surface area contributed by atoms with Crippen molar-refractivity contribution in [2.45, 2.75) is 6.54 Å². The summed E-state index contributed by atoms with van der Waals surface area (Å²) < 4.78 is 20.3. The highest BCUT2D eigenvalue weighted by Gasteiger charge is 2.19. The molecule has 2 aromatic rings. The fourth-order valence-corrected chi connectivity index (χ4v) is 2.16. The first-order valence-corrected chi connectivity index (χ1v) is 5.63. The number of benzene rings is 1. The molecule has 0 aliphatic carbocycles. The van der Waals surface area contributed by atoms with Crippen LogP contribution in [0.4, 0.5) is 4.39 Å². The second-order valence-corrected chi connectivity index (χ2v) is 4.19. The molecule has 0 unspecified atom stereocenters. The highest BCUT2D eigenvalue weighted by molar-refractivity contribution is 6.35. The summed E-state index contributed by atoms with van der Waals surface area (Å²) in [6.07, 6.45) is 1.38. The first-order chi connectivity index (χ1) is 8.56. The Morgan fingerprint density at radius 2 is 2.28 bits per heavy atom. The van der Waals surface area contributed by atoms with E-state index in [0.717, 1.165) is 6.07 Å². The molecule has 0 saturated carbocycles. The van der Waals surface area contributed by atoms with Gasteiger partial charge in [0, 0.05) is 19.9 Å². The minimum atomic E-state index is -1.18. The normalized spacial score (nSPS) is 11.1. The van der Waals surface area contributed by atoms with E-state index in [1.54, 1.807) is 4.57 Å². The van der Waals surface area contributed by atoms with Gasteiger partial charge in [-0.1, -0.05) is 11.6 Å². The second-order valence-electron chi connectivity index (χ2n) is 3.79. The summed E-state index contributed by atoms with van der Waals surface area (Å²) in [7, 11) is 1.53. The molecule has 0 amide bonds. The van der Waals surface area contributed by atoms with Crippen molar-refractivity contribution in [2.24, 2.45) is 0 Å². The van der Waals surface area contributed by atoms with E-state index in [2.05, 4.69) is 0 Å². The van der Waals surface area contributed by atoms with Crippen LogP contribution in [0.15, 0.2) is 18.3 Å². The second kappa shape index (κ2) is 4.96. The number of fused-ring (bicyclic) bond motifs is 1. The maximum Gasteiger partial charge on any atom is 0.337 e. The number of hydrogen-bond acceptors (Lipinski definition) is 2. The van der Waals surface area contributed by atoms with E-state index >= 15 is 0 Å². The number of carboxylic acid groups (broad SMARTS) is 1. The summed E-state index contributed by atoms with van der Waals surface area (Å²) >= 11 is 6.01. The smallest absolute Gasteiger partial charge is 0.337 e. The zero-order chi connectivity index (χ0) is 13.3. The summed E-state index contributed by atoms with van der Waals surface area (Å²) in [5.41, 5.74) is 0.284. The molecule has 2 rings (SSSR count). The standard InChI is InChI=1S/C12H11ClFNO3/c1-18-5-4-15-6-7(12(16)17)10-9(14)3-2-8(13)11(10)15/h2-3,6H,4-5H2,1H3,(H,16,17). The number of methoxy groups -OCH3 is 1. The Morgan fingerprint density at radius 1 is 1.56 bits per heavy atom. The van der Waals surface area contributed by atoms with Gasteiger partial charge in [-0.25, -0.2) is 9.18 Å². The lowest BCUT2D eigenvalue weighted by Crippen LogP contribution is -2.03. The largest absolute Gasteiger partial charge is 0.478 e. The highest BCUT2D eigenvalue weighted by atomic mass is 35.5. The van der Waals surface area contributed by atoms with Crippen LogP contribution in [0.1, 0.15) is 10.4 Å². The molecule has 1 N–H and O–H groups in total. The summed E-state index contributed by atoms with van der Waals surface area (Å²) in [5, 5.41) is 9.43. The minimum absolute atomic E-state index is 0.0334. The van der Waals surface area contributed by atoms with Gasteiger partial charge in [0.05, 0.1) is 28.1 Å². The lowest BCUT2D eigenvalue weighted by atomic mass is 10.1. The number of aromatic nitrogens is 1. The number of rotatable bonds is 4. The predicted octanol–water partition coefficient (Wildman–Crippen LogP) is 2.78. The van der Waals surface area contributed by atoms with E-state index in [4.69, 9.17) is 21.4 Å². The third kappa shape index (κ3) is 2.07. The lowest BCUT2D eigenvalue weighted by Gasteiger charge is -2.05. The van der Waals surface area contributed by atoms with Gasteiger partial charge in [-0.15, -0.1) is 0 Å². The van der Waals surface area contributed by atoms with Gasteiger partial charge in [-0.3, -0.25) is 0 Å². The molecule has 1 heterocycles. The van der Waals surface area contributed by atoms with Crippen LogP contribution < -0.4 is 0 Å². The Labute approximate surface area is 108 Å². The van der Waals surface area contributed by atoms with E-state index in [-0.39, 0.29) is 10.9 Å². The molecule has 0 bridgehead atoms. The van der Waals surface area contributed by atoms with Crippen LogP contribution in [0.2, 0.25) is 5.02 Å². The summed E-state index contributed by atoms with van der Waals surface area (Å²) in [6.45, 7) is 0.791. The van der Waals surface area contributed by atoms with Gasteiger partial charge < -0.3 is 14.4 Å². The van der Waals surface area contributed by atoms with Crippen LogP contribution >= 0.6 is 11.6 Å². The van der Waals surface area contributed by atoms with Gasteiger partial charge in [0.2, 0.25) is 0 Å². The van der Waals surface area contributed by atoms with Crippen molar-refractivity contribution in [3.05, 3.63) is 34.7 Å². The average Bonchev–Trinajstić information content (AvgIpc) is 2.72. The van der Waals surface area contributed by atoms with Crippen molar-refractivity contribution in [1.82, 2.24) is 4.57 Å². The van der Waals surface area contributed by atoms with Gasteiger partial charge in [0.1, 0.15) is 5.82 Å². The molecule has 1 aromatic heterocycles. The molecule has 0 aliphatic rings. The molecule has 0 atom stereocenters. The zero-order valence-corrected chi connectivity index (χ0v) is 10.4. The Hall–Kier alpha value is -1.59. The van der Waals surface area contributed by atoms with Gasteiger partial charge in [-0.05, 0) is 12.1 Å². The van der Waals surface area contributed by atoms with Crippen molar-refractivity contribution < 1.29 is 19.0 Å². The molecular formula is C12H11ClFNO3. The molecule has 0 radical (unpaired) electrons. The Kier molecular flexibility index (Phi) is 3.54. The average molecular weight is 272 g/mol. The van der Waals surface area contributed by atoms with Crippen molar-refractivity contribution in [1.29, 1.82) is 0 Å². The SMILES string of the molecule is COCCn1cc(C(=O)O)c2c(F)ccc(Cl)c21. The van der Waals surface area contributed by atoms with Crippen molar-refractivity contribution in [3.63, 3.8) is 0 Å². The van der Waals surface area contributed by atoms with Crippen LogP contribution in [-0.4, -0.2) is 29.4 Å². The van der Waals surface area contributed by atoms with Gasteiger partial charge in [0.15, 0.2) is 0 Å². The Balaban J connectivity index is 2.72. The summed E-state index contributed by atoms with van der Waals surface area (Å²) in [4.78, 5) is 11.1. The topological polar surface area (TPSA) is 51.5 Å². The van der Waals surface area contributed by atoms with Crippen LogP contribution in [0.25, 0.3) is 10.9 Å². The third-order valence-electron chi connectivity index (χ3n) is 2.69. The number of carboxylic acids is 1. The molecule has 0 fully saturated rings. The van der Waals surface area contributed by atoms with Crippen LogP contribution in [0.3, 0.4) is 0 Å². The maximum atomic E-state index is 13.8. The van der Waals surface area contributed by atoms with Crippen molar-refractivity contribution >= 4 is 28.5 Å². The first kappa shape index (κ1) is 12.9. The molecule has 1 aromatic carbocycles. The molecular weight excluding hydrogens is 261 g/mol. The van der Waals surface area contributed by atoms with Crippen molar-refractivity contribution in [3.8, 4) is 0 Å². The highest BCUT2D eigenvalue weighted by Crippen LogP contribution is 2.30. The summed E-state index contributed by atoms with van der Waals surface area (Å²) in [5.74, 6) is -1.78. The van der Waals surface area contributed by atoms with Gasteiger partial charge in [0.25, 0.3) is 0 Å². The maximum absolute atomic E-state index is 13.8. The number of carbonyl (C=O) groups is 1. The number of hydrogen-bond donors (Lipinski definition) is 1. The van der Waals surface area contributed by atoms with Crippen molar-refractivity contribution in [2.75, 3.05) is 13.7 Å². The van der Waals surface area contributed by atoms with E-state index in [1.165, 1.54) is 19.4 Å². The predicted molar refractivity (Wildman–Crippen MR) is 65.7 cm³/mol. The van der Waals surface area contributed by atoms with Crippen LogP contribution in [0, 0.1) is 5.82 Å². The Bertz CT molecular complexity index is 609. The minimum Gasteiger partial charge on any atom is -0.478 e. The van der Waals surface area contributed by atoms with E-state index < -0.39 is 11.8 Å². The zero-order valence-electron chi connectivity index (χ0n) is 9.61.